The van der Waals surface area contributed by atoms with E-state index in [0.29, 0.717) is 39.0 Å². The van der Waals surface area contributed by atoms with Gasteiger partial charge in [0.1, 0.15) is 5.52 Å². The Labute approximate surface area is 163 Å². The second-order valence-electron chi connectivity index (χ2n) is 6.54. The van der Waals surface area contributed by atoms with Crippen molar-refractivity contribution < 1.29 is 18.0 Å². The molecule has 0 bridgehead atoms. The molecule has 4 nitrogen and oxygen atoms in total. The molecule has 1 unspecified atom stereocenters. The summed E-state index contributed by atoms with van der Waals surface area (Å²) in [5.41, 5.74) is 1.73. The Morgan fingerprint density at radius 3 is 2.59 bits per heavy atom. The van der Waals surface area contributed by atoms with Gasteiger partial charge in [0, 0.05) is 27.6 Å². The zero-order valence-electron chi connectivity index (χ0n) is 13.9. The lowest BCUT2D eigenvalue weighted by Crippen LogP contribution is -2.43. The lowest BCUT2D eigenvalue weighted by molar-refractivity contribution is -0.0164. The fraction of sp³-hybridized carbons (Fsp3) is 0.263. The standard InChI is InChI=1S/C19H14Cl2F2N2O2/c20-12-6-11(7-13(21)9-12)18-24-14-4-3-10(8-15(14)27-18)17(26)25-16-2-1-5-19(16,22)23/h3-4,6-9,16H,1-2,5H2,(H,25,26). The SMILES string of the molecule is O=C(NC1CCCC1(F)F)c1ccc2nc(-c3cc(Cl)cc(Cl)c3)oc2c1. The molecule has 0 radical (unpaired) electrons. The summed E-state index contributed by atoms with van der Waals surface area (Å²) in [6, 6.07) is 8.40. The Bertz CT molecular complexity index is 1020. The number of hydrogen-bond donors (Lipinski definition) is 1. The van der Waals surface area contributed by atoms with Gasteiger partial charge < -0.3 is 9.73 Å². The predicted octanol–water partition coefficient (Wildman–Crippen LogP) is 5.72. The minimum absolute atomic E-state index is 0.204. The van der Waals surface area contributed by atoms with E-state index in [-0.39, 0.29) is 18.4 Å². The van der Waals surface area contributed by atoms with E-state index in [0.717, 1.165) is 0 Å². The van der Waals surface area contributed by atoms with Crippen LogP contribution in [-0.4, -0.2) is 22.9 Å². The van der Waals surface area contributed by atoms with Crippen molar-refractivity contribution in [2.45, 2.75) is 31.2 Å². The van der Waals surface area contributed by atoms with Crippen LogP contribution < -0.4 is 5.32 Å². The lowest BCUT2D eigenvalue weighted by Gasteiger charge is -2.20. The van der Waals surface area contributed by atoms with Gasteiger partial charge in [0.2, 0.25) is 5.89 Å². The van der Waals surface area contributed by atoms with Crippen LogP contribution in [0.5, 0.6) is 0 Å². The van der Waals surface area contributed by atoms with Gasteiger partial charge in [0.05, 0.1) is 6.04 Å². The molecule has 0 aliphatic heterocycles. The van der Waals surface area contributed by atoms with Crippen molar-refractivity contribution in [3.05, 3.63) is 52.0 Å². The fourth-order valence-electron chi connectivity index (χ4n) is 3.21. The average Bonchev–Trinajstić information content (AvgIpc) is 3.16. The number of benzene rings is 2. The predicted molar refractivity (Wildman–Crippen MR) is 99.5 cm³/mol. The second kappa shape index (κ2) is 6.77. The van der Waals surface area contributed by atoms with E-state index in [1.807, 2.05) is 0 Å². The summed E-state index contributed by atoms with van der Waals surface area (Å²) in [5, 5.41) is 3.30. The highest BCUT2D eigenvalue weighted by Gasteiger charge is 2.44. The van der Waals surface area contributed by atoms with Crippen molar-refractivity contribution in [2.24, 2.45) is 0 Å². The van der Waals surface area contributed by atoms with Crippen LogP contribution in [0.25, 0.3) is 22.6 Å². The van der Waals surface area contributed by atoms with Crippen LogP contribution in [0.1, 0.15) is 29.6 Å². The lowest BCUT2D eigenvalue weighted by atomic mass is 10.1. The van der Waals surface area contributed by atoms with Crippen LogP contribution in [0.4, 0.5) is 8.78 Å². The Morgan fingerprint density at radius 1 is 1.19 bits per heavy atom. The smallest absolute Gasteiger partial charge is 0.267 e. The summed E-state index contributed by atoms with van der Waals surface area (Å²) in [6.07, 6.45) is 0.457. The van der Waals surface area contributed by atoms with Gasteiger partial charge >= 0.3 is 0 Å². The van der Waals surface area contributed by atoms with E-state index < -0.39 is 17.9 Å². The number of alkyl halides is 2. The first kappa shape index (κ1) is 18.2. The number of aromatic nitrogens is 1. The molecule has 1 amide bonds. The number of hydrogen-bond acceptors (Lipinski definition) is 3. The maximum Gasteiger partial charge on any atom is 0.267 e. The largest absolute Gasteiger partial charge is 0.436 e. The minimum atomic E-state index is -2.87. The van der Waals surface area contributed by atoms with Gasteiger partial charge in [-0.2, -0.15) is 0 Å². The molecule has 1 aliphatic rings. The topological polar surface area (TPSA) is 55.1 Å². The third kappa shape index (κ3) is 3.64. The molecule has 1 fully saturated rings. The van der Waals surface area contributed by atoms with E-state index in [1.54, 1.807) is 24.3 Å². The van der Waals surface area contributed by atoms with Crippen LogP contribution >= 0.6 is 23.2 Å². The molecule has 27 heavy (non-hydrogen) atoms. The summed E-state index contributed by atoms with van der Waals surface area (Å²) < 4.78 is 33.2. The Morgan fingerprint density at radius 2 is 1.93 bits per heavy atom. The second-order valence-corrected chi connectivity index (χ2v) is 7.41. The highest BCUT2D eigenvalue weighted by Crippen LogP contribution is 2.35. The van der Waals surface area contributed by atoms with Crippen molar-refractivity contribution in [3.8, 4) is 11.5 Å². The van der Waals surface area contributed by atoms with Crippen LogP contribution in [0.15, 0.2) is 40.8 Å². The minimum Gasteiger partial charge on any atom is -0.436 e. The van der Waals surface area contributed by atoms with E-state index in [2.05, 4.69) is 10.3 Å². The monoisotopic (exact) mass is 410 g/mol. The fourth-order valence-corrected chi connectivity index (χ4v) is 3.74. The molecule has 3 aromatic rings. The quantitative estimate of drug-likeness (QED) is 0.600. The molecular formula is C19H14Cl2F2N2O2. The zero-order valence-corrected chi connectivity index (χ0v) is 15.5. The summed E-state index contributed by atoms with van der Waals surface area (Å²) in [5.74, 6) is -3.13. The van der Waals surface area contributed by atoms with Crippen LogP contribution in [0.2, 0.25) is 10.0 Å². The van der Waals surface area contributed by atoms with Crippen molar-refractivity contribution in [2.75, 3.05) is 0 Å². The third-order valence-electron chi connectivity index (χ3n) is 4.58. The Balaban J connectivity index is 1.62. The van der Waals surface area contributed by atoms with Gasteiger partial charge in [0.15, 0.2) is 5.58 Å². The van der Waals surface area contributed by atoms with Crippen molar-refractivity contribution in [3.63, 3.8) is 0 Å². The number of oxazole rings is 1. The first-order valence-corrected chi connectivity index (χ1v) is 9.13. The number of halogens is 4. The van der Waals surface area contributed by atoms with Gasteiger partial charge in [-0.1, -0.05) is 23.2 Å². The van der Waals surface area contributed by atoms with Gasteiger partial charge in [0.25, 0.3) is 11.8 Å². The van der Waals surface area contributed by atoms with Gasteiger partial charge in [-0.25, -0.2) is 13.8 Å². The molecule has 1 aromatic heterocycles. The Kier molecular flexibility index (Phi) is 4.56. The summed E-state index contributed by atoms with van der Waals surface area (Å²) in [6.45, 7) is 0. The number of carbonyl (C=O) groups excluding carboxylic acids is 1. The van der Waals surface area contributed by atoms with Crippen molar-refractivity contribution in [1.29, 1.82) is 0 Å². The summed E-state index contributed by atoms with van der Waals surface area (Å²) >= 11 is 12.0. The molecule has 1 N–H and O–H groups in total. The number of nitrogens with zero attached hydrogens (tertiary/aromatic N) is 1. The molecule has 1 atom stereocenters. The first-order valence-electron chi connectivity index (χ1n) is 8.37. The number of carbonyl (C=O) groups is 1. The highest BCUT2D eigenvalue weighted by atomic mass is 35.5. The molecule has 0 saturated heterocycles. The number of fused-ring (bicyclic) bond motifs is 1. The van der Waals surface area contributed by atoms with E-state index >= 15 is 0 Å². The normalized spacial score (nSPS) is 18.7. The van der Waals surface area contributed by atoms with Crippen LogP contribution in [0.3, 0.4) is 0 Å². The number of nitrogens with one attached hydrogen (secondary N) is 1. The third-order valence-corrected chi connectivity index (χ3v) is 5.01. The maximum absolute atomic E-state index is 13.7. The Hall–Kier alpha value is -2.18. The molecule has 140 valence electrons. The first-order chi connectivity index (χ1) is 12.8. The average molecular weight is 411 g/mol. The van der Waals surface area contributed by atoms with Gasteiger partial charge in [-0.3, -0.25) is 4.79 Å². The van der Waals surface area contributed by atoms with Crippen LogP contribution in [-0.2, 0) is 0 Å². The molecule has 1 saturated carbocycles. The van der Waals surface area contributed by atoms with Crippen molar-refractivity contribution in [1.82, 2.24) is 10.3 Å². The van der Waals surface area contributed by atoms with Crippen LogP contribution in [0, 0.1) is 0 Å². The molecule has 4 rings (SSSR count). The van der Waals surface area contributed by atoms with Gasteiger partial charge in [-0.15, -0.1) is 0 Å². The van der Waals surface area contributed by atoms with E-state index in [4.69, 9.17) is 27.6 Å². The van der Waals surface area contributed by atoms with Gasteiger partial charge in [-0.05, 0) is 49.2 Å². The molecule has 1 heterocycles. The number of rotatable bonds is 3. The molecule has 0 spiro atoms. The zero-order chi connectivity index (χ0) is 19.2. The molecular weight excluding hydrogens is 397 g/mol. The summed E-state index contributed by atoms with van der Waals surface area (Å²) in [7, 11) is 0. The number of amides is 1. The van der Waals surface area contributed by atoms with E-state index in [1.165, 1.54) is 12.1 Å². The molecule has 2 aromatic carbocycles. The van der Waals surface area contributed by atoms with Crippen molar-refractivity contribution >= 4 is 40.2 Å². The van der Waals surface area contributed by atoms with E-state index in [9.17, 15) is 13.6 Å². The molecule has 8 heteroatoms. The highest BCUT2D eigenvalue weighted by molar-refractivity contribution is 6.35. The summed E-state index contributed by atoms with van der Waals surface area (Å²) in [4.78, 5) is 16.7. The molecule has 1 aliphatic carbocycles. The maximum atomic E-state index is 13.7.